The monoisotopic (exact) mass is 350 g/mol. The van der Waals surface area contributed by atoms with Crippen molar-refractivity contribution < 1.29 is 23.8 Å². The number of methoxy groups -OCH3 is 1. The highest BCUT2D eigenvalue weighted by atomic mass is 16.6. The van der Waals surface area contributed by atoms with Crippen LogP contribution in [0.4, 0.5) is 0 Å². The van der Waals surface area contributed by atoms with Gasteiger partial charge in [-0.25, -0.2) is 4.79 Å². The van der Waals surface area contributed by atoms with Crippen LogP contribution in [0.15, 0.2) is 54.1 Å². The molecule has 0 amide bonds. The first kappa shape index (κ1) is 17.5. The summed E-state index contributed by atoms with van der Waals surface area (Å²) in [7, 11) is 1.48. The number of esters is 2. The van der Waals surface area contributed by atoms with Crippen LogP contribution < -0.4 is 9.47 Å². The number of ether oxygens (including phenoxy) is 3. The number of carbonyl (C=O) groups is 2. The lowest BCUT2D eigenvalue weighted by Gasteiger charge is -2.08. The lowest BCUT2D eigenvalue weighted by atomic mass is 10.1. The van der Waals surface area contributed by atoms with Gasteiger partial charge in [0.05, 0.1) is 12.7 Å². The summed E-state index contributed by atoms with van der Waals surface area (Å²) in [6, 6.07) is 12.8. The Morgan fingerprint density at radius 1 is 1.08 bits per heavy atom. The zero-order valence-electron chi connectivity index (χ0n) is 14.7. The van der Waals surface area contributed by atoms with Crippen molar-refractivity contribution in [2.24, 2.45) is 0 Å². The van der Waals surface area contributed by atoms with E-state index in [2.05, 4.69) is 0 Å². The number of hydrogen-bond donors (Lipinski definition) is 0. The number of rotatable bonds is 4. The molecule has 5 nitrogen and oxygen atoms in total. The zero-order chi connectivity index (χ0) is 18.7. The van der Waals surface area contributed by atoms with Gasteiger partial charge in [0, 0.05) is 12.5 Å². The van der Waals surface area contributed by atoms with Gasteiger partial charge in [-0.3, -0.25) is 4.79 Å². The molecule has 1 aliphatic heterocycles. The molecule has 5 heteroatoms. The summed E-state index contributed by atoms with van der Waals surface area (Å²) in [5.74, 6) is 0.406. The first-order chi connectivity index (χ1) is 12.5. The molecule has 0 unspecified atom stereocenters. The summed E-state index contributed by atoms with van der Waals surface area (Å²) in [6.07, 6.45) is 3.41. The van der Waals surface area contributed by atoms with Crippen LogP contribution in [-0.4, -0.2) is 19.0 Å². The molecule has 132 valence electrons. The molecule has 0 aromatic heterocycles. The van der Waals surface area contributed by atoms with E-state index < -0.39 is 11.9 Å². The molecular weight excluding hydrogens is 332 g/mol. The van der Waals surface area contributed by atoms with Crippen LogP contribution >= 0.6 is 0 Å². The summed E-state index contributed by atoms with van der Waals surface area (Å²) in [6.45, 7) is 3.32. The van der Waals surface area contributed by atoms with Crippen molar-refractivity contribution in [1.82, 2.24) is 0 Å². The Balaban J connectivity index is 1.90. The van der Waals surface area contributed by atoms with Gasteiger partial charge in [0.1, 0.15) is 5.76 Å². The summed E-state index contributed by atoms with van der Waals surface area (Å²) in [5, 5.41) is 0. The van der Waals surface area contributed by atoms with E-state index in [0.29, 0.717) is 22.8 Å². The second-order valence-electron chi connectivity index (χ2n) is 5.87. The fourth-order valence-corrected chi connectivity index (χ4v) is 2.54. The molecule has 26 heavy (non-hydrogen) atoms. The lowest BCUT2D eigenvalue weighted by Crippen LogP contribution is -2.03. The number of carbonyl (C=O) groups excluding carboxylic acids is 2. The standard InChI is InChI=1S/C21H18O5/c1-13-4-7-16(8-5-13)19-12-17(21(23)26-19)10-15-6-9-18(25-14(2)22)20(11-15)24-3/h4-12H,1-3H3/b17-10+. The Labute approximate surface area is 151 Å². The maximum atomic E-state index is 12.2. The third-order valence-corrected chi connectivity index (χ3v) is 3.82. The Morgan fingerprint density at radius 2 is 1.81 bits per heavy atom. The summed E-state index contributed by atoms with van der Waals surface area (Å²) in [5.41, 5.74) is 3.14. The van der Waals surface area contributed by atoms with E-state index in [0.717, 1.165) is 16.7 Å². The van der Waals surface area contributed by atoms with Crippen molar-refractivity contribution in [1.29, 1.82) is 0 Å². The van der Waals surface area contributed by atoms with Gasteiger partial charge in [0.15, 0.2) is 11.5 Å². The van der Waals surface area contributed by atoms with Crippen molar-refractivity contribution in [3.63, 3.8) is 0 Å². The molecule has 0 saturated heterocycles. The molecule has 0 N–H and O–H groups in total. The molecule has 2 aromatic rings. The van der Waals surface area contributed by atoms with Crippen molar-refractivity contribution >= 4 is 23.8 Å². The maximum absolute atomic E-state index is 12.2. The van der Waals surface area contributed by atoms with E-state index in [9.17, 15) is 9.59 Å². The summed E-state index contributed by atoms with van der Waals surface area (Å²) >= 11 is 0. The Bertz CT molecular complexity index is 920. The van der Waals surface area contributed by atoms with Crippen LogP contribution in [0.5, 0.6) is 11.5 Å². The highest BCUT2D eigenvalue weighted by molar-refractivity contribution is 6.05. The minimum Gasteiger partial charge on any atom is -0.493 e. The molecule has 0 spiro atoms. The quantitative estimate of drug-likeness (QED) is 0.475. The van der Waals surface area contributed by atoms with Gasteiger partial charge >= 0.3 is 11.9 Å². The van der Waals surface area contributed by atoms with Gasteiger partial charge < -0.3 is 14.2 Å². The third kappa shape index (κ3) is 3.83. The van der Waals surface area contributed by atoms with E-state index in [1.807, 2.05) is 31.2 Å². The zero-order valence-corrected chi connectivity index (χ0v) is 14.7. The van der Waals surface area contributed by atoms with Crippen molar-refractivity contribution in [2.45, 2.75) is 13.8 Å². The van der Waals surface area contributed by atoms with Crippen LogP contribution in [-0.2, 0) is 14.3 Å². The molecule has 2 aromatic carbocycles. The van der Waals surface area contributed by atoms with Gasteiger partial charge in [-0.15, -0.1) is 0 Å². The van der Waals surface area contributed by atoms with Crippen LogP contribution in [0.3, 0.4) is 0 Å². The van der Waals surface area contributed by atoms with E-state index in [1.165, 1.54) is 14.0 Å². The normalized spacial score (nSPS) is 14.8. The lowest BCUT2D eigenvalue weighted by molar-refractivity contribution is -0.132. The van der Waals surface area contributed by atoms with E-state index in [1.54, 1.807) is 30.4 Å². The van der Waals surface area contributed by atoms with Crippen LogP contribution in [0.2, 0.25) is 0 Å². The highest BCUT2D eigenvalue weighted by Gasteiger charge is 2.22. The molecule has 0 bridgehead atoms. The number of hydrogen-bond acceptors (Lipinski definition) is 5. The van der Waals surface area contributed by atoms with Gasteiger partial charge in [0.2, 0.25) is 0 Å². The SMILES string of the molecule is COc1cc(/C=C2\C=C(c3ccc(C)cc3)OC2=O)ccc1OC(C)=O. The van der Waals surface area contributed by atoms with Gasteiger partial charge in [-0.2, -0.15) is 0 Å². The van der Waals surface area contributed by atoms with Gasteiger partial charge in [-0.1, -0.05) is 35.9 Å². The minimum absolute atomic E-state index is 0.326. The molecule has 0 fully saturated rings. The molecule has 0 atom stereocenters. The van der Waals surface area contributed by atoms with Crippen LogP contribution in [0.1, 0.15) is 23.6 Å². The Hall–Kier alpha value is -3.34. The largest absolute Gasteiger partial charge is 0.493 e. The summed E-state index contributed by atoms with van der Waals surface area (Å²) in [4.78, 5) is 23.3. The highest BCUT2D eigenvalue weighted by Crippen LogP contribution is 2.31. The van der Waals surface area contributed by atoms with E-state index in [4.69, 9.17) is 14.2 Å². The molecule has 0 radical (unpaired) electrons. The first-order valence-corrected chi connectivity index (χ1v) is 8.05. The number of aryl methyl sites for hydroxylation is 1. The predicted octanol–water partition coefficient (Wildman–Crippen LogP) is 3.91. The Kier molecular flexibility index (Phi) is 4.89. The van der Waals surface area contributed by atoms with Crippen molar-refractivity contribution in [3.05, 3.63) is 70.8 Å². The predicted molar refractivity (Wildman–Crippen MR) is 97.5 cm³/mol. The van der Waals surface area contributed by atoms with Crippen LogP contribution in [0, 0.1) is 6.92 Å². The topological polar surface area (TPSA) is 61.8 Å². The second-order valence-corrected chi connectivity index (χ2v) is 5.87. The van der Waals surface area contributed by atoms with Gasteiger partial charge in [-0.05, 0) is 36.8 Å². The third-order valence-electron chi connectivity index (χ3n) is 3.82. The fourth-order valence-electron chi connectivity index (χ4n) is 2.54. The molecule has 1 heterocycles. The van der Waals surface area contributed by atoms with Crippen LogP contribution in [0.25, 0.3) is 11.8 Å². The average Bonchev–Trinajstić information content (AvgIpc) is 2.97. The molecule has 0 aliphatic carbocycles. The molecular formula is C21H18O5. The minimum atomic E-state index is -0.431. The maximum Gasteiger partial charge on any atom is 0.343 e. The van der Waals surface area contributed by atoms with Gasteiger partial charge in [0.25, 0.3) is 0 Å². The fraction of sp³-hybridized carbons (Fsp3) is 0.143. The second kappa shape index (κ2) is 7.27. The Morgan fingerprint density at radius 3 is 2.46 bits per heavy atom. The molecule has 0 saturated carbocycles. The average molecular weight is 350 g/mol. The first-order valence-electron chi connectivity index (χ1n) is 8.05. The number of benzene rings is 2. The smallest absolute Gasteiger partial charge is 0.343 e. The molecule has 1 aliphatic rings. The van der Waals surface area contributed by atoms with E-state index >= 15 is 0 Å². The number of cyclic esters (lactones) is 1. The van der Waals surface area contributed by atoms with Crippen molar-refractivity contribution in [2.75, 3.05) is 7.11 Å². The van der Waals surface area contributed by atoms with Crippen molar-refractivity contribution in [3.8, 4) is 11.5 Å². The molecule has 3 rings (SSSR count). The van der Waals surface area contributed by atoms with E-state index in [-0.39, 0.29) is 0 Å². The summed E-state index contributed by atoms with van der Waals surface area (Å²) < 4.78 is 15.7.